The van der Waals surface area contributed by atoms with Crippen LogP contribution in [0.25, 0.3) is 0 Å². The molecule has 0 saturated carbocycles. The maximum absolute atomic E-state index is 11.0. The van der Waals surface area contributed by atoms with Gasteiger partial charge in [-0.3, -0.25) is 4.90 Å². The van der Waals surface area contributed by atoms with E-state index in [-0.39, 0.29) is 0 Å². The summed E-state index contributed by atoms with van der Waals surface area (Å²) in [6.07, 6.45) is 0. The third-order valence-electron chi connectivity index (χ3n) is 3.12. The quantitative estimate of drug-likeness (QED) is 0.926. The second kappa shape index (κ2) is 5.63. The first kappa shape index (κ1) is 13.9. The highest BCUT2D eigenvalue weighted by molar-refractivity contribution is 8.00. The first-order valence-corrected chi connectivity index (χ1v) is 7.92. The molecule has 0 spiro atoms. The number of thioether (sulfide) groups is 1. The number of rotatable bonds is 3. The van der Waals surface area contributed by atoms with E-state index < -0.39 is 5.97 Å². The predicted molar refractivity (Wildman–Crippen MR) is 77.8 cm³/mol. The zero-order chi connectivity index (χ0) is 13.3. The summed E-state index contributed by atoms with van der Waals surface area (Å²) in [6.45, 7) is 9.59. The minimum Gasteiger partial charge on any atom is -0.477 e. The molecule has 1 fully saturated rings. The van der Waals surface area contributed by atoms with Crippen LogP contribution in [-0.4, -0.2) is 39.6 Å². The average Bonchev–Trinajstić information content (AvgIpc) is 2.59. The first-order valence-electron chi connectivity index (χ1n) is 6.16. The topological polar surface area (TPSA) is 40.5 Å². The Morgan fingerprint density at radius 3 is 2.56 bits per heavy atom. The van der Waals surface area contributed by atoms with Gasteiger partial charge in [0.25, 0.3) is 0 Å². The van der Waals surface area contributed by atoms with Gasteiger partial charge in [0.05, 0.1) is 0 Å². The molecule has 5 heteroatoms. The van der Waals surface area contributed by atoms with Crippen molar-refractivity contribution in [1.82, 2.24) is 4.90 Å². The van der Waals surface area contributed by atoms with Gasteiger partial charge in [0.2, 0.25) is 0 Å². The number of carboxylic acid groups (broad SMARTS) is 1. The van der Waals surface area contributed by atoms with Crippen LogP contribution in [0.5, 0.6) is 0 Å². The van der Waals surface area contributed by atoms with Gasteiger partial charge in [-0.25, -0.2) is 4.79 Å². The van der Waals surface area contributed by atoms with E-state index in [4.69, 9.17) is 5.11 Å². The van der Waals surface area contributed by atoms with Gasteiger partial charge in [0, 0.05) is 35.0 Å². The van der Waals surface area contributed by atoms with E-state index in [1.165, 1.54) is 16.9 Å². The standard InChI is InChI=1S/C13H19NO2S2/c1-8-5-14(6-9(2)17-8)7-11-4-12(13(15)16)18-10(11)3/h4,8-9H,5-7H2,1-3H3,(H,15,16). The number of aromatic carboxylic acids is 1. The number of hydrogen-bond donors (Lipinski definition) is 1. The maximum Gasteiger partial charge on any atom is 0.345 e. The third kappa shape index (κ3) is 3.28. The predicted octanol–water partition coefficient (Wildman–Crippen LogP) is 3.08. The summed E-state index contributed by atoms with van der Waals surface area (Å²) in [6, 6.07) is 1.83. The second-order valence-corrected chi connectivity index (χ2v) is 8.09. The molecule has 1 aromatic rings. The lowest BCUT2D eigenvalue weighted by molar-refractivity contribution is 0.0702. The van der Waals surface area contributed by atoms with Crippen LogP contribution in [0.2, 0.25) is 0 Å². The summed E-state index contributed by atoms with van der Waals surface area (Å²) >= 11 is 3.42. The van der Waals surface area contributed by atoms with E-state index in [9.17, 15) is 4.79 Å². The highest BCUT2D eigenvalue weighted by Gasteiger charge is 2.23. The Labute approximate surface area is 116 Å². The molecule has 2 atom stereocenters. The summed E-state index contributed by atoms with van der Waals surface area (Å²) in [4.78, 5) is 15.0. The maximum atomic E-state index is 11.0. The number of carboxylic acids is 1. The molecule has 1 saturated heterocycles. The monoisotopic (exact) mass is 285 g/mol. The molecule has 2 rings (SSSR count). The highest BCUT2D eigenvalue weighted by Crippen LogP contribution is 2.28. The van der Waals surface area contributed by atoms with Crippen molar-refractivity contribution in [2.24, 2.45) is 0 Å². The summed E-state index contributed by atoms with van der Waals surface area (Å²) in [7, 11) is 0. The van der Waals surface area contributed by atoms with E-state index in [1.807, 2.05) is 24.8 Å². The zero-order valence-corrected chi connectivity index (χ0v) is 12.6. The summed E-state index contributed by atoms with van der Waals surface area (Å²) < 4.78 is 0. The summed E-state index contributed by atoms with van der Waals surface area (Å²) in [5, 5.41) is 10.3. The fourth-order valence-electron chi connectivity index (χ4n) is 2.44. The number of carbonyl (C=O) groups is 1. The Hall–Kier alpha value is -0.520. The van der Waals surface area contributed by atoms with Gasteiger partial charge in [-0.2, -0.15) is 11.8 Å². The van der Waals surface area contributed by atoms with Crippen LogP contribution in [0.4, 0.5) is 0 Å². The fraction of sp³-hybridized carbons (Fsp3) is 0.615. The van der Waals surface area contributed by atoms with E-state index in [2.05, 4.69) is 18.7 Å². The molecule has 1 aromatic heterocycles. The lowest BCUT2D eigenvalue weighted by atomic mass is 10.2. The average molecular weight is 285 g/mol. The Morgan fingerprint density at radius 2 is 2.06 bits per heavy atom. The molecular formula is C13H19NO2S2. The molecule has 2 unspecified atom stereocenters. The van der Waals surface area contributed by atoms with Gasteiger partial charge in [-0.1, -0.05) is 13.8 Å². The SMILES string of the molecule is Cc1sc(C(=O)O)cc1CN1CC(C)SC(C)C1. The molecule has 0 bridgehead atoms. The van der Waals surface area contributed by atoms with Crippen molar-refractivity contribution in [2.75, 3.05) is 13.1 Å². The Balaban J connectivity index is 2.06. The normalized spacial score (nSPS) is 25.3. The van der Waals surface area contributed by atoms with Gasteiger partial charge in [-0.05, 0) is 18.6 Å². The van der Waals surface area contributed by atoms with Crippen LogP contribution in [0.15, 0.2) is 6.07 Å². The molecule has 0 aliphatic carbocycles. The largest absolute Gasteiger partial charge is 0.477 e. The van der Waals surface area contributed by atoms with Crippen LogP contribution < -0.4 is 0 Å². The van der Waals surface area contributed by atoms with Crippen molar-refractivity contribution in [3.8, 4) is 0 Å². The summed E-state index contributed by atoms with van der Waals surface area (Å²) in [5.74, 6) is -0.815. The van der Waals surface area contributed by atoms with E-state index in [0.717, 1.165) is 24.5 Å². The fourth-order valence-corrected chi connectivity index (χ4v) is 4.70. The Morgan fingerprint density at radius 1 is 1.44 bits per heavy atom. The van der Waals surface area contributed by atoms with Gasteiger partial charge >= 0.3 is 5.97 Å². The second-order valence-electron chi connectivity index (χ2n) is 4.95. The Kier molecular flexibility index (Phi) is 4.35. The molecule has 0 aromatic carbocycles. The molecule has 1 aliphatic rings. The number of nitrogens with zero attached hydrogens (tertiary/aromatic N) is 1. The zero-order valence-electron chi connectivity index (χ0n) is 11.0. The van der Waals surface area contributed by atoms with Crippen LogP contribution in [0, 0.1) is 6.92 Å². The van der Waals surface area contributed by atoms with Crippen LogP contribution >= 0.6 is 23.1 Å². The van der Waals surface area contributed by atoms with E-state index >= 15 is 0 Å². The minimum atomic E-state index is -0.815. The molecule has 18 heavy (non-hydrogen) atoms. The van der Waals surface area contributed by atoms with Crippen molar-refractivity contribution < 1.29 is 9.90 Å². The summed E-state index contributed by atoms with van der Waals surface area (Å²) in [5.41, 5.74) is 1.17. The molecule has 2 heterocycles. The molecule has 1 aliphatic heterocycles. The first-order chi connectivity index (χ1) is 8.45. The smallest absolute Gasteiger partial charge is 0.345 e. The van der Waals surface area contributed by atoms with Crippen LogP contribution in [0.1, 0.15) is 34.0 Å². The van der Waals surface area contributed by atoms with Gasteiger partial charge in [-0.15, -0.1) is 11.3 Å². The third-order valence-corrected chi connectivity index (χ3v) is 5.43. The van der Waals surface area contributed by atoms with Crippen molar-refractivity contribution in [3.63, 3.8) is 0 Å². The Bertz CT molecular complexity index is 434. The number of aryl methyl sites for hydroxylation is 1. The molecule has 0 radical (unpaired) electrons. The van der Waals surface area contributed by atoms with Crippen molar-refractivity contribution in [2.45, 2.75) is 37.8 Å². The molecular weight excluding hydrogens is 266 g/mol. The molecule has 100 valence electrons. The molecule has 0 amide bonds. The van der Waals surface area contributed by atoms with Crippen LogP contribution in [0.3, 0.4) is 0 Å². The minimum absolute atomic E-state index is 0.454. The van der Waals surface area contributed by atoms with Gasteiger partial charge < -0.3 is 5.11 Å². The van der Waals surface area contributed by atoms with Crippen molar-refractivity contribution >= 4 is 29.1 Å². The van der Waals surface area contributed by atoms with Gasteiger partial charge in [0.1, 0.15) is 4.88 Å². The number of hydrogen-bond acceptors (Lipinski definition) is 4. The van der Waals surface area contributed by atoms with Gasteiger partial charge in [0.15, 0.2) is 0 Å². The van der Waals surface area contributed by atoms with Crippen molar-refractivity contribution in [1.29, 1.82) is 0 Å². The number of thiophene rings is 1. The molecule has 1 N–H and O–H groups in total. The van der Waals surface area contributed by atoms with E-state index in [1.54, 1.807) is 0 Å². The van der Waals surface area contributed by atoms with Crippen LogP contribution in [-0.2, 0) is 6.54 Å². The lowest BCUT2D eigenvalue weighted by Gasteiger charge is -2.34. The van der Waals surface area contributed by atoms with Crippen molar-refractivity contribution in [3.05, 3.63) is 21.4 Å². The highest BCUT2D eigenvalue weighted by atomic mass is 32.2. The molecule has 3 nitrogen and oxygen atoms in total. The lowest BCUT2D eigenvalue weighted by Crippen LogP contribution is -2.39. The van der Waals surface area contributed by atoms with E-state index in [0.29, 0.717) is 15.4 Å².